The van der Waals surface area contributed by atoms with E-state index in [-0.39, 0.29) is 18.0 Å². The third kappa shape index (κ3) is 4.61. The zero-order valence-corrected chi connectivity index (χ0v) is 14.7. The summed E-state index contributed by atoms with van der Waals surface area (Å²) in [7, 11) is 0. The van der Waals surface area contributed by atoms with Gasteiger partial charge in [0, 0.05) is 24.5 Å². The molecule has 0 radical (unpaired) electrons. The van der Waals surface area contributed by atoms with E-state index in [0.717, 1.165) is 43.4 Å². The second-order valence-electron chi connectivity index (χ2n) is 6.26. The molecule has 2 aromatic rings. The first-order chi connectivity index (χ1) is 12.1. The minimum absolute atomic E-state index is 0.0283. The SMILES string of the molecule is C[C@H](N[C@H](C)C(=O)Nc1ccc(N2CCOCC2)cc1)c1ccco1. The number of morpholine rings is 1. The average molecular weight is 343 g/mol. The predicted molar refractivity (Wildman–Crippen MR) is 97.8 cm³/mol. The summed E-state index contributed by atoms with van der Waals surface area (Å²) in [6, 6.07) is 11.3. The molecular weight excluding hydrogens is 318 g/mol. The summed E-state index contributed by atoms with van der Waals surface area (Å²) in [5.74, 6) is 0.743. The molecule has 3 rings (SSSR count). The quantitative estimate of drug-likeness (QED) is 0.844. The van der Waals surface area contributed by atoms with Gasteiger partial charge in [0.05, 0.1) is 31.6 Å². The van der Waals surface area contributed by atoms with E-state index >= 15 is 0 Å². The molecule has 0 unspecified atom stereocenters. The normalized spacial score (nSPS) is 17.1. The highest BCUT2D eigenvalue weighted by Crippen LogP contribution is 2.19. The Morgan fingerprint density at radius 3 is 2.48 bits per heavy atom. The Balaban J connectivity index is 1.53. The number of nitrogens with zero attached hydrogens (tertiary/aromatic N) is 1. The molecule has 6 heteroatoms. The van der Waals surface area contributed by atoms with Crippen LogP contribution in [-0.4, -0.2) is 38.3 Å². The Labute approximate surface area is 148 Å². The van der Waals surface area contributed by atoms with Crippen LogP contribution in [0.15, 0.2) is 47.1 Å². The van der Waals surface area contributed by atoms with E-state index in [1.54, 1.807) is 6.26 Å². The van der Waals surface area contributed by atoms with Crippen LogP contribution in [0.3, 0.4) is 0 Å². The van der Waals surface area contributed by atoms with Crippen molar-refractivity contribution in [3.63, 3.8) is 0 Å². The fraction of sp³-hybridized carbons (Fsp3) is 0.421. The summed E-state index contributed by atoms with van der Waals surface area (Å²) in [6.07, 6.45) is 1.63. The maximum atomic E-state index is 12.4. The Kier molecular flexibility index (Phi) is 5.73. The van der Waals surface area contributed by atoms with E-state index in [4.69, 9.17) is 9.15 Å². The van der Waals surface area contributed by atoms with Crippen LogP contribution in [-0.2, 0) is 9.53 Å². The van der Waals surface area contributed by atoms with Gasteiger partial charge in [-0.2, -0.15) is 0 Å². The molecule has 1 fully saturated rings. The van der Waals surface area contributed by atoms with Crippen LogP contribution in [0, 0.1) is 0 Å². The second-order valence-corrected chi connectivity index (χ2v) is 6.26. The fourth-order valence-corrected chi connectivity index (χ4v) is 2.90. The summed E-state index contributed by atoms with van der Waals surface area (Å²) >= 11 is 0. The van der Waals surface area contributed by atoms with Gasteiger partial charge >= 0.3 is 0 Å². The van der Waals surface area contributed by atoms with Crippen molar-refractivity contribution < 1.29 is 13.9 Å². The number of ether oxygens (including phenoxy) is 1. The van der Waals surface area contributed by atoms with Gasteiger partial charge in [0.2, 0.25) is 5.91 Å². The Morgan fingerprint density at radius 2 is 1.84 bits per heavy atom. The first-order valence-corrected chi connectivity index (χ1v) is 8.66. The number of carbonyl (C=O) groups is 1. The summed E-state index contributed by atoms with van der Waals surface area (Å²) in [5, 5.41) is 6.18. The van der Waals surface area contributed by atoms with Crippen LogP contribution >= 0.6 is 0 Å². The van der Waals surface area contributed by atoms with E-state index in [0.29, 0.717) is 0 Å². The van der Waals surface area contributed by atoms with Crippen LogP contribution in [0.4, 0.5) is 11.4 Å². The highest BCUT2D eigenvalue weighted by Gasteiger charge is 2.18. The highest BCUT2D eigenvalue weighted by atomic mass is 16.5. The molecule has 134 valence electrons. The van der Waals surface area contributed by atoms with Crippen molar-refractivity contribution in [3.8, 4) is 0 Å². The minimum Gasteiger partial charge on any atom is -0.468 e. The maximum Gasteiger partial charge on any atom is 0.241 e. The van der Waals surface area contributed by atoms with E-state index < -0.39 is 0 Å². The van der Waals surface area contributed by atoms with Crippen molar-refractivity contribution in [1.82, 2.24) is 5.32 Å². The maximum absolute atomic E-state index is 12.4. The predicted octanol–water partition coefficient (Wildman–Crippen LogP) is 2.79. The Morgan fingerprint density at radius 1 is 1.12 bits per heavy atom. The van der Waals surface area contributed by atoms with Crippen LogP contribution in [0.5, 0.6) is 0 Å². The molecule has 1 aromatic carbocycles. The summed E-state index contributed by atoms with van der Waals surface area (Å²) in [4.78, 5) is 14.7. The van der Waals surface area contributed by atoms with Gasteiger partial charge in [-0.25, -0.2) is 0 Å². The lowest BCUT2D eigenvalue weighted by Gasteiger charge is -2.29. The number of nitrogens with one attached hydrogen (secondary N) is 2. The standard InChI is InChI=1S/C19H25N3O3/c1-14(18-4-3-11-25-18)20-15(2)19(23)21-16-5-7-17(8-6-16)22-9-12-24-13-10-22/h3-8,11,14-15,20H,9-10,12-13H2,1-2H3,(H,21,23)/t14-,15+/m0/s1. The van der Waals surface area contributed by atoms with Crippen molar-refractivity contribution in [3.05, 3.63) is 48.4 Å². The van der Waals surface area contributed by atoms with Gasteiger partial charge in [-0.3, -0.25) is 10.1 Å². The van der Waals surface area contributed by atoms with E-state index in [2.05, 4.69) is 15.5 Å². The van der Waals surface area contributed by atoms with E-state index in [1.807, 2.05) is 50.2 Å². The third-order valence-corrected chi connectivity index (χ3v) is 4.37. The number of rotatable bonds is 6. The number of hydrogen-bond donors (Lipinski definition) is 2. The van der Waals surface area contributed by atoms with Crippen LogP contribution in [0.25, 0.3) is 0 Å². The molecule has 0 spiro atoms. The van der Waals surface area contributed by atoms with E-state index in [1.165, 1.54) is 0 Å². The van der Waals surface area contributed by atoms with Gasteiger partial charge in [-0.1, -0.05) is 0 Å². The molecule has 0 bridgehead atoms. The van der Waals surface area contributed by atoms with Crippen molar-refractivity contribution in [2.24, 2.45) is 0 Å². The first kappa shape index (κ1) is 17.5. The fourth-order valence-electron chi connectivity index (χ4n) is 2.90. The number of carbonyl (C=O) groups excluding carboxylic acids is 1. The van der Waals surface area contributed by atoms with Crippen molar-refractivity contribution in [2.45, 2.75) is 25.9 Å². The lowest BCUT2D eigenvalue weighted by molar-refractivity contribution is -0.118. The smallest absolute Gasteiger partial charge is 0.241 e. The number of benzene rings is 1. The van der Waals surface area contributed by atoms with Gasteiger partial charge in [0.15, 0.2) is 0 Å². The number of furan rings is 1. The zero-order chi connectivity index (χ0) is 17.6. The molecule has 1 aromatic heterocycles. The molecular formula is C19H25N3O3. The molecule has 1 saturated heterocycles. The lowest BCUT2D eigenvalue weighted by Crippen LogP contribution is -2.39. The lowest BCUT2D eigenvalue weighted by atomic mass is 10.2. The second kappa shape index (κ2) is 8.18. The molecule has 25 heavy (non-hydrogen) atoms. The molecule has 2 heterocycles. The molecule has 1 aliphatic heterocycles. The molecule has 1 amide bonds. The van der Waals surface area contributed by atoms with Gasteiger partial charge in [-0.05, 0) is 50.2 Å². The van der Waals surface area contributed by atoms with Gasteiger partial charge < -0.3 is 19.4 Å². The van der Waals surface area contributed by atoms with Crippen molar-refractivity contribution in [2.75, 3.05) is 36.5 Å². The average Bonchev–Trinajstić information content (AvgIpc) is 3.18. The Hall–Kier alpha value is -2.31. The molecule has 0 saturated carbocycles. The summed E-state index contributed by atoms with van der Waals surface area (Å²) < 4.78 is 10.7. The zero-order valence-electron chi connectivity index (χ0n) is 14.7. The molecule has 1 aliphatic rings. The molecule has 2 atom stereocenters. The molecule has 6 nitrogen and oxygen atoms in total. The Bertz CT molecular complexity index is 664. The van der Waals surface area contributed by atoms with Gasteiger partial charge in [0.1, 0.15) is 5.76 Å². The topological polar surface area (TPSA) is 66.7 Å². The van der Waals surface area contributed by atoms with Crippen molar-refractivity contribution in [1.29, 1.82) is 0 Å². The van der Waals surface area contributed by atoms with Gasteiger partial charge in [-0.15, -0.1) is 0 Å². The molecule has 2 N–H and O–H groups in total. The number of anilines is 2. The van der Waals surface area contributed by atoms with Gasteiger partial charge in [0.25, 0.3) is 0 Å². The largest absolute Gasteiger partial charge is 0.468 e. The van der Waals surface area contributed by atoms with Crippen LogP contribution in [0.2, 0.25) is 0 Å². The highest BCUT2D eigenvalue weighted by molar-refractivity contribution is 5.94. The third-order valence-electron chi connectivity index (χ3n) is 4.37. The van der Waals surface area contributed by atoms with E-state index in [9.17, 15) is 4.79 Å². The van der Waals surface area contributed by atoms with Crippen LogP contribution < -0.4 is 15.5 Å². The number of hydrogen-bond acceptors (Lipinski definition) is 5. The number of amides is 1. The monoisotopic (exact) mass is 343 g/mol. The minimum atomic E-state index is -0.334. The molecule has 0 aliphatic carbocycles. The van der Waals surface area contributed by atoms with Crippen LogP contribution in [0.1, 0.15) is 25.6 Å². The summed E-state index contributed by atoms with van der Waals surface area (Å²) in [5.41, 5.74) is 1.94. The van der Waals surface area contributed by atoms with Crippen molar-refractivity contribution >= 4 is 17.3 Å². The summed E-state index contributed by atoms with van der Waals surface area (Å²) in [6.45, 7) is 7.14. The first-order valence-electron chi connectivity index (χ1n) is 8.66.